The molecule has 0 aliphatic carbocycles. The molecule has 0 bridgehead atoms. The predicted molar refractivity (Wildman–Crippen MR) is 126 cm³/mol. The van der Waals surface area contributed by atoms with Crippen molar-refractivity contribution in [3.8, 4) is 5.69 Å². The summed E-state index contributed by atoms with van der Waals surface area (Å²) in [5.41, 5.74) is 7.22. The number of halogens is 1. The zero-order valence-electron chi connectivity index (χ0n) is 17.7. The van der Waals surface area contributed by atoms with Crippen LogP contribution in [0.3, 0.4) is 0 Å². The van der Waals surface area contributed by atoms with Crippen LogP contribution in [0.1, 0.15) is 33.9 Å². The Morgan fingerprint density at radius 3 is 2.37 bits per heavy atom. The van der Waals surface area contributed by atoms with Crippen LogP contribution >= 0.6 is 15.9 Å². The number of hydrogen-bond donors (Lipinski definition) is 0. The highest BCUT2D eigenvalue weighted by Crippen LogP contribution is 2.22. The highest BCUT2D eigenvalue weighted by molar-refractivity contribution is 9.10. The summed E-state index contributed by atoms with van der Waals surface area (Å²) in [6.45, 7) is 10.1. The van der Waals surface area contributed by atoms with Crippen LogP contribution in [0.25, 0.3) is 16.6 Å². The van der Waals surface area contributed by atoms with Gasteiger partial charge in [0.1, 0.15) is 5.82 Å². The average Bonchev–Trinajstić information content (AvgIpc) is 2.95. The molecule has 0 amide bonds. The fourth-order valence-electron chi connectivity index (χ4n) is 3.91. The molecule has 0 spiro atoms. The van der Waals surface area contributed by atoms with Crippen LogP contribution in [-0.2, 0) is 0 Å². The van der Waals surface area contributed by atoms with Crippen LogP contribution in [0, 0.1) is 34.6 Å². The Morgan fingerprint density at radius 2 is 1.67 bits per heavy atom. The van der Waals surface area contributed by atoms with Gasteiger partial charge in [0.25, 0.3) is 5.56 Å². The molecule has 0 radical (unpaired) electrons. The van der Waals surface area contributed by atoms with Crippen molar-refractivity contribution in [1.82, 2.24) is 14.2 Å². The molecule has 4 rings (SSSR count). The van der Waals surface area contributed by atoms with Crippen LogP contribution in [0.2, 0.25) is 0 Å². The van der Waals surface area contributed by atoms with E-state index in [-0.39, 0.29) is 5.56 Å². The van der Waals surface area contributed by atoms with Gasteiger partial charge in [-0.2, -0.15) is 9.78 Å². The molecule has 0 N–H and O–H groups in total. The van der Waals surface area contributed by atoms with Crippen LogP contribution in [0.4, 0.5) is 0 Å². The molecule has 30 heavy (non-hydrogen) atoms. The third-order valence-corrected chi connectivity index (χ3v) is 5.71. The minimum Gasteiger partial charge on any atom is -0.318 e. The second kappa shape index (κ2) is 7.69. The van der Waals surface area contributed by atoms with Crippen LogP contribution in [0.5, 0.6) is 0 Å². The van der Waals surface area contributed by atoms with E-state index < -0.39 is 0 Å². The Bertz CT molecular complexity index is 1360. The first-order chi connectivity index (χ1) is 14.2. The lowest BCUT2D eigenvalue weighted by atomic mass is 10.1. The summed E-state index contributed by atoms with van der Waals surface area (Å²) in [5, 5.41) is 5.02. The van der Waals surface area contributed by atoms with Gasteiger partial charge >= 0.3 is 0 Å². The summed E-state index contributed by atoms with van der Waals surface area (Å²) in [4.78, 5) is 17.5. The first-order valence-electron chi connectivity index (χ1n) is 9.75. The third-order valence-electron chi connectivity index (χ3n) is 5.22. The van der Waals surface area contributed by atoms with E-state index in [4.69, 9.17) is 0 Å². The van der Waals surface area contributed by atoms with Crippen molar-refractivity contribution in [1.29, 1.82) is 0 Å². The normalized spacial score (nSPS) is 11.7. The maximum absolute atomic E-state index is 13.0. The Labute approximate surface area is 183 Å². The van der Waals surface area contributed by atoms with E-state index in [1.54, 1.807) is 19.2 Å². The third kappa shape index (κ3) is 3.63. The summed E-state index contributed by atoms with van der Waals surface area (Å²) in [6.07, 6.45) is 1.74. The van der Waals surface area contributed by atoms with Gasteiger partial charge in [-0.1, -0.05) is 22.0 Å². The van der Waals surface area contributed by atoms with Gasteiger partial charge in [0, 0.05) is 27.1 Å². The monoisotopic (exact) mass is 462 g/mol. The molecule has 0 saturated heterocycles. The van der Waals surface area contributed by atoms with Gasteiger partial charge in [0.15, 0.2) is 0 Å². The predicted octanol–water partition coefficient (Wildman–Crippen LogP) is 5.37. The standard InChI is InChI=1S/C24H23BrN4O/c1-14-8-15(2)10-21(9-14)28-16(3)11-19(17(28)4)13-26-29-18(5)27-23-7-6-20(25)12-22(23)24(29)30/h6-13H,1-5H3. The van der Waals surface area contributed by atoms with Crippen molar-refractivity contribution in [2.45, 2.75) is 34.6 Å². The lowest BCUT2D eigenvalue weighted by molar-refractivity contribution is 0.770. The zero-order chi connectivity index (χ0) is 21.6. The zero-order valence-corrected chi connectivity index (χ0v) is 19.3. The molecule has 5 nitrogen and oxygen atoms in total. The molecule has 4 aromatic rings. The summed E-state index contributed by atoms with van der Waals surface area (Å²) >= 11 is 3.42. The summed E-state index contributed by atoms with van der Waals surface area (Å²) in [6, 6.07) is 14.1. The Kier molecular flexibility index (Phi) is 5.20. The number of aryl methyl sites for hydroxylation is 4. The molecule has 2 aromatic heterocycles. The van der Waals surface area contributed by atoms with Gasteiger partial charge in [-0.05, 0) is 82.1 Å². The summed E-state index contributed by atoms with van der Waals surface area (Å²) in [7, 11) is 0. The molecule has 0 fully saturated rings. The summed E-state index contributed by atoms with van der Waals surface area (Å²) < 4.78 is 4.41. The van der Waals surface area contributed by atoms with E-state index in [0.717, 1.165) is 27.1 Å². The van der Waals surface area contributed by atoms with Gasteiger partial charge in [-0.25, -0.2) is 4.98 Å². The lowest BCUT2D eigenvalue weighted by Gasteiger charge is -2.11. The number of rotatable bonds is 3. The fourth-order valence-corrected chi connectivity index (χ4v) is 4.27. The van der Waals surface area contributed by atoms with E-state index >= 15 is 0 Å². The van der Waals surface area contributed by atoms with E-state index in [1.165, 1.54) is 15.8 Å². The Balaban J connectivity index is 1.80. The lowest BCUT2D eigenvalue weighted by Crippen LogP contribution is -2.20. The number of benzene rings is 2. The van der Waals surface area contributed by atoms with Crippen molar-refractivity contribution in [3.63, 3.8) is 0 Å². The smallest absolute Gasteiger partial charge is 0.282 e. The molecule has 152 valence electrons. The SMILES string of the molecule is Cc1cc(C)cc(-n2c(C)cc(C=Nn3c(C)nc4ccc(Br)cc4c3=O)c2C)c1. The first kappa shape index (κ1) is 20.3. The topological polar surface area (TPSA) is 52.2 Å². The quantitative estimate of drug-likeness (QED) is 0.384. The van der Waals surface area contributed by atoms with Gasteiger partial charge in [0.05, 0.1) is 17.1 Å². The van der Waals surface area contributed by atoms with Crippen molar-refractivity contribution >= 4 is 33.0 Å². The van der Waals surface area contributed by atoms with E-state index in [2.05, 4.69) is 82.5 Å². The summed E-state index contributed by atoms with van der Waals surface area (Å²) in [5.74, 6) is 0.550. The second-order valence-electron chi connectivity index (χ2n) is 7.69. The van der Waals surface area contributed by atoms with Crippen molar-refractivity contribution in [2.75, 3.05) is 0 Å². The number of nitrogens with zero attached hydrogens (tertiary/aromatic N) is 4. The molecule has 0 unspecified atom stereocenters. The maximum atomic E-state index is 13.0. The fraction of sp³-hybridized carbons (Fsp3) is 0.208. The van der Waals surface area contributed by atoms with Gasteiger partial charge < -0.3 is 4.57 Å². The Hall–Kier alpha value is -2.99. The van der Waals surface area contributed by atoms with Crippen molar-refractivity contribution in [3.05, 3.63) is 91.2 Å². The molecule has 2 aromatic carbocycles. The molecular formula is C24H23BrN4O. The van der Waals surface area contributed by atoms with Gasteiger partial charge in [0.2, 0.25) is 0 Å². The van der Waals surface area contributed by atoms with E-state index in [9.17, 15) is 4.79 Å². The van der Waals surface area contributed by atoms with E-state index in [1.807, 2.05) is 12.1 Å². The van der Waals surface area contributed by atoms with Crippen LogP contribution < -0.4 is 5.56 Å². The number of fused-ring (bicyclic) bond motifs is 1. The van der Waals surface area contributed by atoms with Gasteiger partial charge in [-0.3, -0.25) is 4.79 Å². The minimum absolute atomic E-state index is 0.182. The Morgan fingerprint density at radius 1 is 0.967 bits per heavy atom. The first-order valence-corrected chi connectivity index (χ1v) is 10.5. The van der Waals surface area contributed by atoms with Crippen LogP contribution in [-0.4, -0.2) is 20.4 Å². The molecule has 2 heterocycles. The van der Waals surface area contributed by atoms with Crippen molar-refractivity contribution < 1.29 is 0 Å². The van der Waals surface area contributed by atoms with Crippen LogP contribution in [0.15, 0.2) is 56.8 Å². The van der Waals surface area contributed by atoms with Crippen molar-refractivity contribution in [2.24, 2.45) is 5.10 Å². The van der Waals surface area contributed by atoms with Gasteiger partial charge in [-0.15, -0.1) is 0 Å². The second-order valence-corrected chi connectivity index (χ2v) is 8.61. The molecule has 0 aliphatic rings. The molecule has 0 atom stereocenters. The minimum atomic E-state index is -0.182. The molecule has 6 heteroatoms. The number of hydrogen-bond acceptors (Lipinski definition) is 3. The highest BCUT2D eigenvalue weighted by atomic mass is 79.9. The largest absolute Gasteiger partial charge is 0.318 e. The maximum Gasteiger partial charge on any atom is 0.282 e. The van der Waals surface area contributed by atoms with E-state index in [0.29, 0.717) is 16.7 Å². The molecule has 0 saturated carbocycles. The average molecular weight is 463 g/mol. The number of aromatic nitrogens is 3. The molecule has 0 aliphatic heterocycles. The molecular weight excluding hydrogens is 440 g/mol. The highest BCUT2D eigenvalue weighted by Gasteiger charge is 2.12.